The van der Waals surface area contributed by atoms with Gasteiger partial charge in [-0.05, 0) is 18.5 Å². The van der Waals surface area contributed by atoms with Crippen LogP contribution in [0.2, 0.25) is 5.28 Å². The first-order valence-corrected chi connectivity index (χ1v) is 5.77. The van der Waals surface area contributed by atoms with Crippen LogP contribution in [0.5, 0.6) is 0 Å². The summed E-state index contributed by atoms with van der Waals surface area (Å²) in [6.45, 7) is 3.00. The molecule has 18 heavy (non-hydrogen) atoms. The van der Waals surface area contributed by atoms with Gasteiger partial charge in [-0.2, -0.15) is 15.1 Å². The van der Waals surface area contributed by atoms with Crippen LogP contribution in [0.15, 0.2) is 0 Å². The van der Waals surface area contributed by atoms with Crippen molar-refractivity contribution in [3.63, 3.8) is 0 Å². The Kier molecular flexibility index (Phi) is 3.61. The second-order valence-corrected chi connectivity index (χ2v) is 4.22. The number of nitrogens with zero attached hydrogens (tertiary/aromatic N) is 4. The molecule has 2 rings (SSSR count). The van der Waals surface area contributed by atoms with Gasteiger partial charge in [-0.1, -0.05) is 0 Å². The number of carbonyl (C=O) groups excluding carboxylic acids is 1. The first-order chi connectivity index (χ1) is 8.61. The lowest BCUT2D eigenvalue weighted by Crippen LogP contribution is -2.23. The van der Waals surface area contributed by atoms with Gasteiger partial charge in [0.15, 0.2) is 5.65 Å². The van der Waals surface area contributed by atoms with Crippen molar-refractivity contribution in [2.75, 3.05) is 25.5 Å². The third-order valence-electron chi connectivity index (χ3n) is 2.51. The monoisotopic (exact) mass is 268 g/mol. The highest BCUT2D eigenvalue weighted by atomic mass is 35.5. The molecule has 0 aromatic carbocycles. The molecule has 96 valence electrons. The lowest BCUT2D eigenvalue weighted by molar-refractivity contribution is -0.116. The minimum atomic E-state index is 0.150. The molecule has 7 nitrogen and oxygen atoms in total. The molecule has 0 aliphatic heterocycles. The van der Waals surface area contributed by atoms with Gasteiger partial charge in [0.25, 0.3) is 0 Å². The zero-order valence-corrected chi connectivity index (χ0v) is 10.8. The molecule has 0 bridgehead atoms. The SMILES string of the molecule is Cc1n[nH]c2nc(Cl)nc(NCCN(C)C=O)c12. The summed E-state index contributed by atoms with van der Waals surface area (Å²) in [6, 6.07) is 0. The highest BCUT2D eigenvalue weighted by Gasteiger charge is 2.11. The third-order valence-corrected chi connectivity index (χ3v) is 2.68. The van der Waals surface area contributed by atoms with Gasteiger partial charge in [-0.15, -0.1) is 0 Å². The van der Waals surface area contributed by atoms with E-state index in [1.807, 2.05) is 6.92 Å². The number of amides is 1. The van der Waals surface area contributed by atoms with E-state index in [0.29, 0.717) is 24.6 Å². The molecule has 0 saturated heterocycles. The fraction of sp³-hybridized carbons (Fsp3) is 0.400. The Hall–Kier alpha value is -1.89. The average Bonchev–Trinajstić information content (AvgIpc) is 2.70. The summed E-state index contributed by atoms with van der Waals surface area (Å²) in [5.41, 5.74) is 1.40. The molecule has 0 aliphatic carbocycles. The topological polar surface area (TPSA) is 86.8 Å². The zero-order valence-electron chi connectivity index (χ0n) is 10.1. The van der Waals surface area contributed by atoms with Gasteiger partial charge in [-0.25, -0.2) is 0 Å². The van der Waals surface area contributed by atoms with Crippen molar-refractivity contribution in [1.82, 2.24) is 25.1 Å². The molecular formula is C10H13ClN6O. The number of nitrogens with one attached hydrogen (secondary N) is 2. The second kappa shape index (κ2) is 5.18. The molecule has 0 unspecified atom stereocenters. The quantitative estimate of drug-likeness (QED) is 0.619. The van der Waals surface area contributed by atoms with E-state index in [0.717, 1.165) is 17.5 Å². The van der Waals surface area contributed by atoms with Crippen molar-refractivity contribution in [1.29, 1.82) is 0 Å². The number of fused-ring (bicyclic) bond motifs is 1. The van der Waals surface area contributed by atoms with Crippen molar-refractivity contribution in [2.45, 2.75) is 6.92 Å². The second-order valence-electron chi connectivity index (χ2n) is 3.89. The maximum atomic E-state index is 10.5. The van der Waals surface area contributed by atoms with E-state index in [4.69, 9.17) is 11.6 Å². The Morgan fingerprint density at radius 1 is 1.50 bits per heavy atom. The van der Waals surface area contributed by atoms with Crippen molar-refractivity contribution in [3.05, 3.63) is 11.0 Å². The molecule has 8 heteroatoms. The fourth-order valence-electron chi connectivity index (χ4n) is 1.58. The minimum Gasteiger partial charge on any atom is -0.368 e. The predicted octanol–water partition coefficient (Wildman–Crippen LogP) is 0.815. The number of hydrogen-bond donors (Lipinski definition) is 2. The van der Waals surface area contributed by atoms with Crippen LogP contribution in [0.4, 0.5) is 5.82 Å². The number of carbonyl (C=O) groups is 1. The average molecular weight is 269 g/mol. The van der Waals surface area contributed by atoms with Crippen molar-refractivity contribution in [3.8, 4) is 0 Å². The molecular weight excluding hydrogens is 256 g/mol. The van der Waals surface area contributed by atoms with Crippen molar-refractivity contribution < 1.29 is 4.79 Å². The van der Waals surface area contributed by atoms with E-state index < -0.39 is 0 Å². The summed E-state index contributed by atoms with van der Waals surface area (Å²) in [6.07, 6.45) is 0.771. The summed E-state index contributed by atoms with van der Waals surface area (Å²) in [5, 5.41) is 10.9. The molecule has 2 N–H and O–H groups in total. The molecule has 2 aromatic heterocycles. The Bertz CT molecular complexity index is 569. The van der Waals surface area contributed by atoms with E-state index >= 15 is 0 Å². The van der Waals surface area contributed by atoms with Gasteiger partial charge >= 0.3 is 0 Å². The van der Waals surface area contributed by atoms with E-state index in [-0.39, 0.29) is 5.28 Å². The van der Waals surface area contributed by atoms with Crippen molar-refractivity contribution >= 4 is 34.9 Å². The van der Waals surface area contributed by atoms with Gasteiger partial charge in [0, 0.05) is 20.1 Å². The molecule has 0 fully saturated rings. The molecule has 2 heterocycles. The normalized spacial score (nSPS) is 10.6. The standard InChI is InChI=1S/C10H13ClN6O/c1-6-7-8(12-3-4-17(2)5-18)13-10(11)14-9(7)16-15-6/h5H,3-4H2,1-2H3,(H2,12,13,14,15,16). The van der Waals surface area contributed by atoms with E-state index in [9.17, 15) is 4.79 Å². The Morgan fingerprint density at radius 2 is 2.28 bits per heavy atom. The highest BCUT2D eigenvalue weighted by Crippen LogP contribution is 2.22. The lowest BCUT2D eigenvalue weighted by Gasteiger charge is -2.12. The molecule has 0 radical (unpaired) electrons. The summed E-state index contributed by atoms with van der Waals surface area (Å²) < 4.78 is 0. The number of aromatic nitrogens is 4. The number of anilines is 1. The maximum Gasteiger partial charge on any atom is 0.226 e. The van der Waals surface area contributed by atoms with Crippen LogP contribution in [0.3, 0.4) is 0 Å². The highest BCUT2D eigenvalue weighted by molar-refractivity contribution is 6.28. The maximum absolute atomic E-state index is 10.5. The first kappa shape index (κ1) is 12.6. The number of halogens is 1. The van der Waals surface area contributed by atoms with E-state index in [1.54, 1.807) is 7.05 Å². The van der Waals surface area contributed by atoms with Crippen LogP contribution >= 0.6 is 11.6 Å². The largest absolute Gasteiger partial charge is 0.368 e. The van der Waals surface area contributed by atoms with Gasteiger partial charge in [-0.3, -0.25) is 9.89 Å². The van der Waals surface area contributed by atoms with Crippen LogP contribution < -0.4 is 5.32 Å². The number of H-pyrrole nitrogens is 1. The van der Waals surface area contributed by atoms with E-state index in [1.165, 1.54) is 4.90 Å². The number of likely N-dealkylation sites (N-methyl/N-ethyl adjacent to an activating group) is 1. The summed E-state index contributed by atoms with van der Waals surface area (Å²) in [7, 11) is 1.71. The number of aromatic amines is 1. The van der Waals surface area contributed by atoms with Crippen LogP contribution in [0, 0.1) is 6.92 Å². The lowest BCUT2D eigenvalue weighted by atomic mass is 10.3. The smallest absolute Gasteiger partial charge is 0.226 e. The summed E-state index contributed by atoms with van der Waals surface area (Å²) >= 11 is 5.83. The van der Waals surface area contributed by atoms with Crippen molar-refractivity contribution in [2.24, 2.45) is 0 Å². The predicted molar refractivity (Wildman–Crippen MR) is 68.6 cm³/mol. The summed E-state index contributed by atoms with van der Waals surface area (Å²) in [4.78, 5) is 20.2. The van der Waals surface area contributed by atoms with Gasteiger partial charge in [0.05, 0.1) is 11.1 Å². The first-order valence-electron chi connectivity index (χ1n) is 5.39. The van der Waals surface area contributed by atoms with Gasteiger partial charge in [0.2, 0.25) is 11.7 Å². The van der Waals surface area contributed by atoms with Gasteiger partial charge < -0.3 is 10.2 Å². The molecule has 0 spiro atoms. The minimum absolute atomic E-state index is 0.150. The van der Waals surface area contributed by atoms with Crippen LogP contribution in [0.25, 0.3) is 11.0 Å². The van der Waals surface area contributed by atoms with Crippen LogP contribution in [-0.2, 0) is 4.79 Å². The molecule has 2 aromatic rings. The van der Waals surface area contributed by atoms with Crippen LogP contribution in [-0.4, -0.2) is 51.6 Å². The van der Waals surface area contributed by atoms with Gasteiger partial charge in [0.1, 0.15) is 5.82 Å². The number of rotatable bonds is 5. The Balaban J connectivity index is 2.21. The number of hydrogen-bond acceptors (Lipinski definition) is 5. The molecule has 0 aliphatic rings. The fourth-order valence-corrected chi connectivity index (χ4v) is 1.75. The summed E-state index contributed by atoms with van der Waals surface area (Å²) in [5.74, 6) is 0.621. The zero-order chi connectivity index (χ0) is 13.1. The van der Waals surface area contributed by atoms with E-state index in [2.05, 4.69) is 25.5 Å². The van der Waals surface area contributed by atoms with Crippen LogP contribution in [0.1, 0.15) is 5.69 Å². The molecule has 1 amide bonds. The molecule has 0 saturated carbocycles. The third kappa shape index (κ3) is 2.51. The Labute approximate surface area is 109 Å². The number of aryl methyl sites for hydroxylation is 1. The molecule has 0 atom stereocenters. The Morgan fingerprint density at radius 3 is 3.00 bits per heavy atom.